The zero-order chi connectivity index (χ0) is 16.8. The maximum atomic E-state index is 13.9. The number of likely N-dealkylation sites (tertiary alicyclic amines) is 1. The van der Waals surface area contributed by atoms with E-state index in [0.29, 0.717) is 5.56 Å². The van der Waals surface area contributed by atoms with Gasteiger partial charge in [-0.05, 0) is 5.56 Å². The fourth-order valence-electron chi connectivity index (χ4n) is 2.79. The molecule has 1 aromatic carbocycles. The van der Waals surface area contributed by atoms with Crippen LogP contribution in [0.15, 0.2) is 30.3 Å². The summed E-state index contributed by atoms with van der Waals surface area (Å²) in [4.78, 5) is 24.6. The van der Waals surface area contributed by atoms with Crippen LogP contribution in [0.5, 0.6) is 0 Å². The van der Waals surface area contributed by atoms with Crippen molar-refractivity contribution in [3.8, 4) is 0 Å². The number of ether oxygens (including phenoxy) is 1. The number of rotatable bonds is 3. The first kappa shape index (κ1) is 19.1. The smallest absolute Gasteiger partial charge is 0.731 e. The van der Waals surface area contributed by atoms with Gasteiger partial charge in [0.2, 0.25) is 0 Å². The molecule has 0 spiro atoms. The van der Waals surface area contributed by atoms with Crippen molar-refractivity contribution in [3.63, 3.8) is 0 Å². The van der Waals surface area contributed by atoms with Gasteiger partial charge in [-0.15, -0.1) is 0 Å². The van der Waals surface area contributed by atoms with Crippen LogP contribution in [0, 0.1) is 0 Å². The molecule has 24 heavy (non-hydrogen) atoms. The molecule has 0 saturated carbocycles. The van der Waals surface area contributed by atoms with Crippen LogP contribution in [-0.2, 0) is 26.4 Å². The first-order chi connectivity index (χ1) is 10.8. The fourth-order valence-corrected chi connectivity index (χ4v) is 3.66. The number of carbonyl (C=O) groups is 2. The average Bonchev–Trinajstić information content (AvgIpc) is 2.77. The minimum Gasteiger partial charge on any atom is -0.731 e. The number of alkyl halides is 1. The van der Waals surface area contributed by atoms with E-state index in [4.69, 9.17) is 4.74 Å². The second kappa shape index (κ2) is 6.96. The largest absolute Gasteiger partial charge is 1.00 e. The summed E-state index contributed by atoms with van der Waals surface area (Å²) in [7, 11) is -5.09. The van der Waals surface area contributed by atoms with Gasteiger partial charge >= 0.3 is 35.7 Å². The molecule has 8 nitrogen and oxygen atoms in total. The van der Waals surface area contributed by atoms with Crippen LogP contribution in [-0.4, -0.2) is 59.0 Å². The molecule has 3 atom stereocenters. The Bertz CT molecular complexity index is 746. The number of fused-ring (bicyclic) bond motifs is 1. The number of hydrogen-bond acceptors (Lipinski definition) is 6. The van der Waals surface area contributed by atoms with Crippen molar-refractivity contribution in [2.75, 3.05) is 6.54 Å². The van der Waals surface area contributed by atoms with Crippen molar-refractivity contribution in [2.45, 2.75) is 24.9 Å². The molecule has 2 aliphatic rings. The van der Waals surface area contributed by atoms with Gasteiger partial charge in [0.25, 0.3) is 5.91 Å². The van der Waals surface area contributed by atoms with Gasteiger partial charge in [0.15, 0.2) is 10.3 Å². The Morgan fingerprint density at radius 3 is 2.54 bits per heavy atom. The third-order valence-corrected chi connectivity index (χ3v) is 4.73. The van der Waals surface area contributed by atoms with Crippen LogP contribution < -0.4 is 29.6 Å². The van der Waals surface area contributed by atoms with Crippen LogP contribution >= 0.6 is 0 Å². The van der Waals surface area contributed by atoms with Crippen LogP contribution in [0.25, 0.3) is 0 Å². The summed E-state index contributed by atoms with van der Waals surface area (Å²) in [6.45, 7) is -0.566. The molecular formula is C13H12FN2NaO6S. The Kier molecular flexibility index (Phi) is 5.55. The summed E-state index contributed by atoms with van der Waals surface area (Å²) in [5.41, 5.74) is 0.706. The monoisotopic (exact) mass is 366 g/mol. The molecule has 0 radical (unpaired) electrons. The number of nitrogens with zero attached hydrogens (tertiary/aromatic N) is 2. The topological polar surface area (TPSA) is 107 Å². The quantitative estimate of drug-likeness (QED) is 0.321. The van der Waals surface area contributed by atoms with Crippen LogP contribution in [0.1, 0.15) is 5.56 Å². The SMILES string of the molecule is O=C(OCc1ccccc1)N1C[C@H](F)[C@@H]2[C@H]1C(=O)N2S(=O)(=O)[O-].[Na+]. The molecule has 2 heterocycles. The van der Waals surface area contributed by atoms with E-state index in [2.05, 4.69) is 0 Å². The van der Waals surface area contributed by atoms with Gasteiger partial charge in [-0.1, -0.05) is 30.3 Å². The summed E-state index contributed by atoms with van der Waals surface area (Å²) in [6.07, 6.45) is -2.74. The molecule has 0 aliphatic carbocycles. The first-order valence-electron chi connectivity index (χ1n) is 6.71. The maximum absolute atomic E-state index is 13.9. The number of halogens is 1. The minimum atomic E-state index is -5.09. The van der Waals surface area contributed by atoms with Crippen molar-refractivity contribution in [1.29, 1.82) is 0 Å². The van der Waals surface area contributed by atoms with E-state index >= 15 is 0 Å². The molecule has 0 aromatic heterocycles. The van der Waals surface area contributed by atoms with Gasteiger partial charge in [-0.2, -0.15) is 0 Å². The van der Waals surface area contributed by atoms with E-state index in [1.54, 1.807) is 30.3 Å². The Labute approximate surface area is 159 Å². The molecule has 2 amide bonds. The van der Waals surface area contributed by atoms with Crippen molar-refractivity contribution in [2.24, 2.45) is 0 Å². The summed E-state index contributed by atoms with van der Waals surface area (Å²) in [6, 6.07) is 5.95. The third kappa shape index (κ3) is 3.29. The van der Waals surface area contributed by atoms with Crippen molar-refractivity contribution in [3.05, 3.63) is 35.9 Å². The Hall–Kier alpha value is -1.20. The van der Waals surface area contributed by atoms with Gasteiger partial charge in [0.05, 0.1) is 6.54 Å². The molecule has 1 aromatic rings. The van der Waals surface area contributed by atoms with Gasteiger partial charge < -0.3 is 9.29 Å². The van der Waals surface area contributed by atoms with E-state index in [0.717, 1.165) is 4.90 Å². The number of β-lactam (4-membered cyclic amide) rings is 1. The Morgan fingerprint density at radius 2 is 1.96 bits per heavy atom. The number of carbonyl (C=O) groups excluding carboxylic acids is 2. The van der Waals surface area contributed by atoms with Crippen LogP contribution in [0.3, 0.4) is 0 Å². The standard InChI is InChI=1S/C13H13FN2O6S.Na/c14-9-6-15(11-10(9)16(12(11)17)23(19,20)21)13(18)22-7-8-4-2-1-3-5-8;/h1-5,9-11H,6-7H2,(H,19,20,21);/q;+1/p-1/t9-,10+,11-;/m0./s1. The molecule has 11 heteroatoms. The van der Waals surface area contributed by atoms with Gasteiger partial charge in [-0.25, -0.2) is 21.9 Å². The molecule has 2 fully saturated rings. The molecule has 0 bridgehead atoms. The van der Waals surface area contributed by atoms with Gasteiger partial charge in [0.1, 0.15) is 24.9 Å². The number of hydrogen-bond donors (Lipinski definition) is 0. The molecule has 2 aliphatic heterocycles. The normalized spacial score (nSPS) is 25.6. The molecule has 0 unspecified atom stereocenters. The van der Waals surface area contributed by atoms with Crippen molar-refractivity contribution >= 4 is 22.3 Å². The second-order valence-electron chi connectivity index (χ2n) is 5.24. The van der Waals surface area contributed by atoms with Gasteiger partial charge in [0, 0.05) is 0 Å². The van der Waals surface area contributed by atoms with E-state index in [-0.39, 0.29) is 40.5 Å². The molecule has 0 N–H and O–H groups in total. The summed E-state index contributed by atoms with van der Waals surface area (Å²) in [5, 5.41) is 0. The number of amides is 2. The van der Waals surface area contributed by atoms with Crippen LogP contribution in [0.4, 0.5) is 9.18 Å². The molecule has 2 saturated heterocycles. The Morgan fingerprint density at radius 1 is 1.33 bits per heavy atom. The van der Waals surface area contributed by atoms with E-state index in [9.17, 15) is 27.0 Å². The minimum absolute atomic E-state index is 0. The summed E-state index contributed by atoms with van der Waals surface area (Å²) < 4.78 is 51.7. The molecule has 3 rings (SSSR count). The average molecular weight is 366 g/mol. The van der Waals surface area contributed by atoms with E-state index < -0.39 is 47.1 Å². The zero-order valence-corrected chi connectivity index (χ0v) is 15.5. The second-order valence-corrected chi connectivity index (χ2v) is 6.48. The summed E-state index contributed by atoms with van der Waals surface area (Å²) >= 11 is 0. The van der Waals surface area contributed by atoms with Crippen molar-refractivity contribution in [1.82, 2.24) is 9.21 Å². The third-order valence-electron chi connectivity index (χ3n) is 3.82. The predicted molar refractivity (Wildman–Crippen MR) is 72.3 cm³/mol. The zero-order valence-electron chi connectivity index (χ0n) is 12.7. The number of benzene rings is 1. The van der Waals surface area contributed by atoms with Gasteiger partial charge in [-0.3, -0.25) is 9.69 Å². The molecular weight excluding hydrogens is 354 g/mol. The van der Waals surface area contributed by atoms with Crippen molar-refractivity contribution < 1.29 is 61.2 Å². The maximum Gasteiger partial charge on any atom is 1.00 e. The molecule has 124 valence electrons. The van der Waals surface area contributed by atoms with E-state index in [1.807, 2.05) is 0 Å². The fraction of sp³-hybridized carbons (Fsp3) is 0.385. The van der Waals surface area contributed by atoms with E-state index in [1.165, 1.54) is 0 Å². The first-order valence-corrected chi connectivity index (χ1v) is 8.07. The van der Waals surface area contributed by atoms with Crippen LogP contribution in [0.2, 0.25) is 0 Å². The predicted octanol–water partition coefficient (Wildman–Crippen LogP) is -2.98. The Balaban J connectivity index is 0.00000208. The summed E-state index contributed by atoms with van der Waals surface area (Å²) in [5.74, 6) is -1.11.